The maximum Gasteiger partial charge on any atom is 0.297 e. The zero-order chi connectivity index (χ0) is 37.8. The molecule has 0 spiro atoms. The van der Waals surface area contributed by atoms with Crippen LogP contribution in [0, 0.1) is 0 Å². The van der Waals surface area contributed by atoms with Crippen molar-refractivity contribution in [2.75, 3.05) is 18.6 Å². The maximum absolute atomic E-state index is 12.5. The fourth-order valence-corrected chi connectivity index (χ4v) is 7.73. The molecule has 0 atom stereocenters. The predicted molar refractivity (Wildman–Crippen MR) is 179 cm³/mol. The van der Waals surface area contributed by atoms with E-state index in [2.05, 4.69) is 20.5 Å². The van der Waals surface area contributed by atoms with E-state index in [0.29, 0.717) is 17.5 Å². The molecule has 0 saturated heterocycles. The monoisotopic (exact) mass is 782 g/mol. The average molecular weight is 783 g/mol. The second kappa shape index (κ2) is 12.8. The van der Waals surface area contributed by atoms with Crippen LogP contribution in [0.25, 0.3) is 21.5 Å². The zero-order valence-electron chi connectivity index (χ0n) is 25.3. The zero-order valence-corrected chi connectivity index (χ0v) is 28.5. The molecule has 20 nitrogen and oxygen atoms in total. The Balaban J connectivity index is 1.83. The molecule has 0 aliphatic heterocycles. The van der Waals surface area contributed by atoms with Gasteiger partial charge in [0.15, 0.2) is 5.75 Å². The number of hydrogen-bond donors (Lipinski definition) is 7. The van der Waals surface area contributed by atoms with Gasteiger partial charge in [-0.2, -0.15) is 33.7 Å². The van der Waals surface area contributed by atoms with Crippen LogP contribution in [-0.2, 0) is 40.5 Å². The molecular formula is C27H22N6O14S4. The first-order valence-electron chi connectivity index (χ1n) is 13.4. The number of phenols is 1. The van der Waals surface area contributed by atoms with Gasteiger partial charge >= 0.3 is 0 Å². The number of anilines is 2. The summed E-state index contributed by atoms with van der Waals surface area (Å²) in [6, 6.07) is 11.2. The van der Waals surface area contributed by atoms with E-state index in [9.17, 15) is 57.0 Å². The predicted octanol–water partition coefficient (Wildman–Crippen LogP) is 4.69. The largest absolute Gasteiger partial charge is 0.505 e. The number of aromatic hydroxyl groups is 1. The molecule has 51 heavy (non-hydrogen) atoms. The summed E-state index contributed by atoms with van der Waals surface area (Å²) in [6.07, 6.45) is 0. The first kappa shape index (κ1) is 36.9. The Morgan fingerprint density at radius 1 is 0.608 bits per heavy atom. The summed E-state index contributed by atoms with van der Waals surface area (Å²) in [4.78, 5) is -4.02. The van der Waals surface area contributed by atoms with Crippen molar-refractivity contribution in [2.45, 2.75) is 19.6 Å². The number of rotatable bonds is 9. The summed E-state index contributed by atoms with van der Waals surface area (Å²) >= 11 is 0. The number of nitrogens with two attached hydrogens (primary N) is 2. The summed E-state index contributed by atoms with van der Waals surface area (Å²) < 4.78 is 143. The van der Waals surface area contributed by atoms with E-state index in [0.717, 1.165) is 25.3 Å². The number of hydrogen-bond acceptors (Lipinski definition) is 16. The van der Waals surface area contributed by atoms with Gasteiger partial charge < -0.3 is 21.3 Å². The van der Waals surface area contributed by atoms with E-state index in [4.69, 9.17) is 16.2 Å². The number of methoxy groups -OCH3 is 1. The summed E-state index contributed by atoms with van der Waals surface area (Å²) in [5.41, 5.74) is 7.55. The molecule has 0 unspecified atom stereocenters. The molecule has 5 aromatic rings. The van der Waals surface area contributed by atoms with Gasteiger partial charge in [-0.15, -0.1) is 20.5 Å². The van der Waals surface area contributed by atoms with Crippen LogP contribution >= 0.6 is 0 Å². The minimum atomic E-state index is -5.37. The molecule has 9 N–H and O–H groups in total. The second-order valence-corrected chi connectivity index (χ2v) is 15.8. The lowest BCUT2D eigenvalue weighted by molar-refractivity contribution is 0.416. The van der Waals surface area contributed by atoms with Gasteiger partial charge in [-0.3, -0.25) is 18.2 Å². The molecule has 0 radical (unpaired) electrons. The summed E-state index contributed by atoms with van der Waals surface area (Å²) in [5.74, 6) is -1.39. The highest BCUT2D eigenvalue weighted by Gasteiger charge is 2.29. The highest BCUT2D eigenvalue weighted by molar-refractivity contribution is 7.86. The Bertz CT molecular complexity index is 2830. The standard InChI is InChI=1S/C27H22N6O14S4/c1-47-18-11-17(19(10-15(18)28)48(35,36)37)31-33-25-21(50(41,42)43)9-13-8-20(49(38,39)40)24(23(29)22(13)26(25)34)32-30-16-7-6-12-4-2-3-5-14(12)27(16)51(44,45)46/h2-11,34H,28-29H2,1H3,(H,35,36,37)(H,38,39,40)(H,41,42,43)(H,44,45,46). The third-order valence-electron chi connectivity index (χ3n) is 7.09. The first-order chi connectivity index (χ1) is 23.5. The Morgan fingerprint density at radius 2 is 1.16 bits per heavy atom. The van der Waals surface area contributed by atoms with E-state index in [1.165, 1.54) is 24.3 Å². The van der Waals surface area contributed by atoms with Crippen LogP contribution in [0.15, 0.2) is 101 Å². The van der Waals surface area contributed by atoms with Crippen molar-refractivity contribution in [1.29, 1.82) is 0 Å². The first-order valence-corrected chi connectivity index (χ1v) is 19.1. The van der Waals surface area contributed by atoms with Gasteiger partial charge in [0.2, 0.25) is 0 Å². The molecule has 0 aliphatic rings. The van der Waals surface area contributed by atoms with Crippen molar-refractivity contribution in [3.8, 4) is 11.5 Å². The normalized spacial score (nSPS) is 13.1. The van der Waals surface area contributed by atoms with Crippen LogP contribution < -0.4 is 16.2 Å². The fraction of sp³-hybridized carbons (Fsp3) is 0.0370. The summed E-state index contributed by atoms with van der Waals surface area (Å²) in [5, 5.41) is 25.1. The summed E-state index contributed by atoms with van der Waals surface area (Å²) in [7, 11) is -19.6. The number of azo groups is 2. The highest BCUT2D eigenvalue weighted by atomic mass is 32.2. The minimum absolute atomic E-state index is 0.000736. The molecule has 0 fully saturated rings. The van der Waals surface area contributed by atoms with Crippen LogP contribution in [0.3, 0.4) is 0 Å². The molecule has 0 aliphatic carbocycles. The number of benzene rings is 5. The van der Waals surface area contributed by atoms with Crippen molar-refractivity contribution in [3.05, 3.63) is 60.7 Å². The van der Waals surface area contributed by atoms with Crippen LogP contribution in [-0.4, -0.2) is 64.1 Å². The van der Waals surface area contributed by atoms with Crippen LogP contribution in [0.2, 0.25) is 0 Å². The maximum atomic E-state index is 12.5. The van der Waals surface area contributed by atoms with E-state index < -0.39 is 105 Å². The van der Waals surface area contributed by atoms with E-state index in [1.807, 2.05) is 0 Å². The summed E-state index contributed by atoms with van der Waals surface area (Å²) in [6.45, 7) is 0. The highest BCUT2D eigenvalue weighted by Crippen LogP contribution is 2.49. The number of phenolic OH excluding ortho intramolecular Hbond substituents is 1. The molecule has 0 saturated carbocycles. The van der Waals surface area contributed by atoms with Crippen LogP contribution in [0.5, 0.6) is 11.5 Å². The third-order valence-corrected chi connectivity index (χ3v) is 10.7. The van der Waals surface area contributed by atoms with Gasteiger partial charge in [0.25, 0.3) is 40.5 Å². The van der Waals surface area contributed by atoms with Gasteiger partial charge in [-0.25, -0.2) is 0 Å². The lowest BCUT2D eigenvalue weighted by atomic mass is 10.1. The SMILES string of the molecule is COc1cc(N=Nc2c(S(=O)(=O)O)cc3cc(S(=O)(=O)O)c(N=Nc4ccc5ccccc5c4S(=O)(=O)O)c(N)c3c2O)c(S(=O)(=O)O)cc1N. The lowest BCUT2D eigenvalue weighted by Gasteiger charge is -2.14. The van der Waals surface area contributed by atoms with Crippen molar-refractivity contribution < 1.29 is 61.7 Å². The van der Waals surface area contributed by atoms with Crippen molar-refractivity contribution in [1.82, 2.24) is 0 Å². The van der Waals surface area contributed by atoms with Crippen LogP contribution in [0.4, 0.5) is 34.1 Å². The van der Waals surface area contributed by atoms with Gasteiger partial charge in [0, 0.05) is 11.5 Å². The van der Waals surface area contributed by atoms with E-state index in [1.54, 1.807) is 6.07 Å². The van der Waals surface area contributed by atoms with Gasteiger partial charge in [-0.05, 0) is 35.0 Å². The molecule has 268 valence electrons. The second-order valence-electron chi connectivity index (χ2n) is 10.3. The average Bonchev–Trinajstić information content (AvgIpc) is 3.01. The van der Waals surface area contributed by atoms with Gasteiger partial charge in [0.05, 0.1) is 23.9 Å². The van der Waals surface area contributed by atoms with Gasteiger partial charge in [0.1, 0.15) is 48.1 Å². The molecule has 0 aromatic heterocycles. The number of nitrogens with zero attached hydrogens (tertiary/aromatic N) is 4. The molecule has 0 heterocycles. The molecule has 5 aromatic carbocycles. The van der Waals surface area contributed by atoms with Crippen molar-refractivity contribution in [2.24, 2.45) is 20.5 Å². The molecule has 0 bridgehead atoms. The lowest BCUT2D eigenvalue weighted by Crippen LogP contribution is -2.04. The van der Waals surface area contributed by atoms with E-state index in [-0.39, 0.29) is 16.8 Å². The topological polar surface area (TPSA) is 348 Å². The molecular weight excluding hydrogens is 761 g/mol. The van der Waals surface area contributed by atoms with Crippen LogP contribution in [0.1, 0.15) is 0 Å². The smallest absolute Gasteiger partial charge is 0.297 e. The molecule has 0 amide bonds. The van der Waals surface area contributed by atoms with Gasteiger partial charge in [-0.1, -0.05) is 30.3 Å². The minimum Gasteiger partial charge on any atom is -0.505 e. The Kier molecular flexibility index (Phi) is 9.24. The number of fused-ring (bicyclic) bond motifs is 2. The number of ether oxygens (including phenoxy) is 1. The Morgan fingerprint density at radius 3 is 1.73 bits per heavy atom. The quantitative estimate of drug-likeness (QED) is 0.0605. The fourth-order valence-electron chi connectivity index (χ4n) is 4.92. The van der Waals surface area contributed by atoms with E-state index >= 15 is 0 Å². The van der Waals surface area contributed by atoms with Crippen molar-refractivity contribution in [3.63, 3.8) is 0 Å². The Labute approximate surface area is 287 Å². The third kappa shape index (κ3) is 7.14. The van der Waals surface area contributed by atoms with Crippen molar-refractivity contribution >= 4 is 96.1 Å². The molecule has 24 heteroatoms. The molecule has 5 rings (SSSR count). The Hall–Kier alpha value is -5.34. The number of nitrogen functional groups attached to an aromatic ring is 2.